The van der Waals surface area contributed by atoms with Crippen LogP contribution in [0.5, 0.6) is 5.75 Å². The van der Waals surface area contributed by atoms with Crippen LogP contribution >= 0.6 is 0 Å². The molecule has 0 saturated heterocycles. The number of alkyl halides is 3. The van der Waals surface area contributed by atoms with Crippen LogP contribution in [0.1, 0.15) is 24.0 Å². The van der Waals surface area contributed by atoms with Gasteiger partial charge in [-0.2, -0.15) is 26.7 Å². The topological polar surface area (TPSA) is 87.5 Å². The monoisotopic (exact) mass is 406 g/mol. The van der Waals surface area contributed by atoms with E-state index in [-0.39, 0.29) is 31.4 Å². The predicted octanol–water partition coefficient (Wildman–Crippen LogP) is 2.66. The Bertz CT molecular complexity index is 880. The minimum atomic E-state index is -5.81. The Kier molecular flexibility index (Phi) is 6.47. The lowest BCUT2D eigenvalue weighted by Gasteiger charge is -2.14. The first kappa shape index (κ1) is 20.7. The summed E-state index contributed by atoms with van der Waals surface area (Å²) in [5.74, 6) is -0.905. The number of hydrogen-bond donors (Lipinski definition) is 0. The number of hydrogen-bond acceptors (Lipinski definition) is 6. The Labute approximate surface area is 153 Å². The zero-order chi connectivity index (χ0) is 20.1. The summed E-state index contributed by atoms with van der Waals surface area (Å²) in [6, 6.07) is 5.99. The van der Waals surface area contributed by atoms with Crippen LogP contribution < -0.4 is 4.18 Å². The normalized spacial score (nSPS) is 12.0. The SMILES string of the molecule is COC(=O)CCCc1ccc(Cn2cccn2)cc1OS(=O)(=O)C(F)(F)F. The van der Waals surface area contributed by atoms with Crippen molar-refractivity contribution in [1.29, 1.82) is 0 Å². The summed E-state index contributed by atoms with van der Waals surface area (Å²) in [4.78, 5) is 11.2. The summed E-state index contributed by atoms with van der Waals surface area (Å²) in [5, 5.41) is 3.98. The molecule has 1 aromatic carbocycles. The molecule has 0 aliphatic heterocycles. The molecule has 0 atom stereocenters. The van der Waals surface area contributed by atoms with Crippen molar-refractivity contribution in [2.24, 2.45) is 0 Å². The van der Waals surface area contributed by atoms with Crippen LogP contribution in [0, 0.1) is 0 Å². The molecule has 1 heterocycles. The van der Waals surface area contributed by atoms with Crippen molar-refractivity contribution in [3.05, 3.63) is 47.8 Å². The Morgan fingerprint density at radius 2 is 2.04 bits per heavy atom. The van der Waals surface area contributed by atoms with Gasteiger partial charge in [0.1, 0.15) is 5.75 Å². The Morgan fingerprint density at radius 3 is 2.63 bits per heavy atom. The van der Waals surface area contributed by atoms with E-state index in [0.29, 0.717) is 5.56 Å². The number of nitrogens with zero attached hydrogens (tertiary/aromatic N) is 2. The van der Waals surface area contributed by atoms with Crippen LogP contribution in [0.3, 0.4) is 0 Å². The van der Waals surface area contributed by atoms with E-state index in [1.54, 1.807) is 18.3 Å². The molecule has 0 unspecified atom stereocenters. The van der Waals surface area contributed by atoms with Gasteiger partial charge in [0.15, 0.2) is 0 Å². The summed E-state index contributed by atoms with van der Waals surface area (Å²) >= 11 is 0. The molecule has 2 aromatic rings. The lowest BCUT2D eigenvalue weighted by atomic mass is 10.0. The van der Waals surface area contributed by atoms with Gasteiger partial charge in [-0.05, 0) is 36.1 Å². The van der Waals surface area contributed by atoms with Crippen LogP contribution in [-0.2, 0) is 32.6 Å². The molecule has 0 aliphatic rings. The third-order valence-corrected chi connectivity index (χ3v) is 4.54. The van der Waals surface area contributed by atoms with Gasteiger partial charge in [-0.25, -0.2) is 0 Å². The molecule has 0 radical (unpaired) electrons. The Morgan fingerprint density at radius 1 is 1.30 bits per heavy atom. The highest BCUT2D eigenvalue weighted by molar-refractivity contribution is 7.88. The minimum Gasteiger partial charge on any atom is -0.469 e. The maximum atomic E-state index is 12.7. The van der Waals surface area contributed by atoms with E-state index < -0.39 is 27.3 Å². The van der Waals surface area contributed by atoms with E-state index in [1.165, 1.54) is 30.1 Å². The van der Waals surface area contributed by atoms with Gasteiger partial charge in [0.05, 0.1) is 13.7 Å². The van der Waals surface area contributed by atoms with Crippen LogP contribution in [0.15, 0.2) is 36.7 Å². The number of carbonyl (C=O) groups excluding carboxylic acids is 1. The van der Waals surface area contributed by atoms with Gasteiger partial charge in [0.25, 0.3) is 0 Å². The van der Waals surface area contributed by atoms with Gasteiger partial charge >= 0.3 is 21.6 Å². The molecule has 0 fully saturated rings. The number of ether oxygens (including phenoxy) is 1. The van der Waals surface area contributed by atoms with Crippen molar-refractivity contribution in [3.8, 4) is 5.75 Å². The largest absolute Gasteiger partial charge is 0.534 e. The fourth-order valence-electron chi connectivity index (χ4n) is 2.25. The second-order valence-electron chi connectivity index (χ2n) is 5.56. The first-order chi connectivity index (χ1) is 12.6. The fourth-order valence-corrected chi connectivity index (χ4v) is 2.74. The van der Waals surface area contributed by atoms with Gasteiger partial charge < -0.3 is 8.92 Å². The van der Waals surface area contributed by atoms with E-state index in [2.05, 4.69) is 14.0 Å². The van der Waals surface area contributed by atoms with Crippen LogP contribution in [0.2, 0.25) is 0 Å². The molecule has 7 nitrogen and oxygen atoms in total. The molecule has 0 N–H and O–H groups in total. The smallest absolute Gasteiger partial charge is 0.469 e. The molecule has 1 aromatic heterocycles. The summed E-state index contributed by atoms with van der Waals surface area (Å²) in [5.41, 5.74) is -4.81. The van der Waals surface area contributed by atoms with Crippen molar-refractivity contribution in [2.75, 3.05) is 7.11 Å². The molecule has 2 rings (SSSR count). The molecule has 0 saturated carbocycles. The van der Waals surface area contributed by atoms with Crippen molar-refractivity contribution >= 4 is 16.1 Å². The average Bonchev–Trinajstić information content (AvgIpc) is 3.08. The molecule has 27 heavy (non-hydrogen) atoms. The third kappa shape index (κ3) is 5.71. The molecule has 0 spiro atoms. The van der Waals surface area contributed by atoms with Crippen LogP contribution in [0.4, 0.5) is 13.2 Å². The molecule has 0 amide bonds. The van der Waals surface area contributed by atoms with Crippen molar-refractivity contribution < 1.29 is 35.3 Å². The highest BCUT2D eigenvalue weighted by Gasteiger charge is 2.48. The fraction of sp³-hybridized carbons (Fsp3) is 0.375. The van der Waals surface area contributed by atoms with Crippen LogP contribution in [0.25, 0.3) is 0 Å². The van der Waals surface area contributed by atoms with Gasteiger partial charge in [-0.15, -0.1) is 0 Å². The summed E-state index contributed by atoms with van der Waals surface area (Å²) in [7, 11) is -4.59. The molecular formula is C16H17F3N2O5S. The maximum absolute atomic E-state index is 12.7. The number of rotatable bonds is 8. The number of aromatic nitrogens is 2. The second-order valence-corrected chi connectivity index (χ2v) is 7.10. The predicted molar refractivity (Wildman–Crippen MR) is 88.3 cm³/mol. The van der Waals surface area contributed by atoms with Crippen molar-refractivity contribution in [1.82, 2.24) is 9.78 Å². The number of halogens is 3. The van der Waals surface area contributed by atoms with Gasteiger partial charge in [-0.3, -0.25) is 9.48 Å². The minimum absolute atomic E-state index is 0.0387. The molecule has 148 valence electrons. The van der Waals surface area contributed by atoms with Gasteiger partial charge in [0.2, 0.25) is 0 Å². The standard InChI is InChI=1S/C16H17F3N2O5S/c1-25-15(22)5-2-4-13-7-6-12(11-21-9-3-8-20-21)10-14(13)26-27(23,24)16(17,18)19/h3,6-10H,2,4-5,11H2,1H3. The van der Waals surface area contributed by atoms with E-state index in [0.717, 1.165) is 0 Å². The Balaban J connectivity index is 2.27. The number of methoxy groups -OCH3 is 1. The molecule has 0 bridgehead atoms. The maximum Gasteiger partial charge on any atom is 0.534 e. The summed E-state index contributed by atoms with van der Waals surface area (Å²) < 4.78 is 71.2. The zero-order valence-electron chi connectivity index (χ0n) is 14.3. The lowest BCUT2D eigenvalue weighted by molar-refractivity contribution is -0.140. The Hall–Kier alpha value is -2.56. The first-order valence-electron chi connectivity index (χ1n) is 7.79. The highest BCUT2D eigenvalue weighted by Crippen LogP contribution is 2.30. The van der Waals surface area contributed by atoms with E-state index in [9.17, 15) is 26.4 Å². The van der Waals surface area contributed by atoms with E-state index in [1.807, 2.05) is 0 Å². The quantitative estimate of drug-likeness (QED) is 0.381. The van der Waals surface area contributed by atoms with E-state index in [4.69, 9.17) is 0 Å². The third-order valence-electron chi connectivity index (χ3n) is 3.57. The molecular weight excluding hydrogens is 389 g/mol. The van der Waals surface area contributed by atoms with E-state index >= 15 is 0 Å². The zero-order valence-corrected chi connectivity index (χ0v) is 15.1. The lowest BCUT2D eigenvalue weighted by Crippen LogP contribution is -2.28. The van der Waals surface area contributed by atoms with Crippen molar-refractivity contribution in [2.45, 2.75) is 31.3 Å². The average molecular weight is 406 g/mol. The highest BCUT2D eigenvalue weighted by atomic mass is 32.2. The number of aryl methyl sites for hydroxylation is 1. The number of esters is 1. The number of benzene rings is 1. The van der Waals surface area contributed by atoms with Gasteiger partial charge in [-0.1, -0.05) is 12.1 Å². The second kappa shape index (κ2) is 8.42. The summed E-state index contributed by atoms with van der Waals surface area (Å²) in [6.07, 6.45) is 3.62. The van der Waals surface area contributed by atoms with Gasteiger partial charge in [0, 0.05) is 18.8 Å². The van der Waals surface area contributed by atoms with Crippen LogP contribution in [-0.4, -0.2) is 36.8 Å². The number of carbonyl (C=O) groups is 1. The summed E-state index contributed by atoms with van der Waals surface area (Å²) in [6.45, 7) is 0.220. The molecule has 0 aliphatic carbocycles. The van der Waals surface area contributed by atoms with Crippen molar-refractivity contribution in [3.63, 3.8) is 0 Å². The first-order valence-corrected chi connectivity index (χ1v) is 9.20. The molecule has 11 heteroatoms.